The van der Waals surface area contributed by atoms with E-state index in [1.54, 1.807) is 30.3 Å². The third-order valence-electron chi connectivity index (χ3n) is 3.86. The molecule has 0 fully saturated rings. The second kappa shape index (κ2) is 10.3. The summed E-state index contributed by atoms with van der Waals surface area (Å²) in [5.41, 5.74) is 1.15. The van der Waals surface area contributed by atoms with E-state index in [4.69, 9.17) is 27.9 Å². The third kappa shape index (κ3) is 6.41. The number of likely N-dealkylation sites (N-methyl/N-ethyl adjacent to an activating group) is 1. The number of ether oxygens (including phenoxy) is 1. The first-order chi connectivity index (χ1) is 12.5. The van der Waals surface area contributed by atoms with Crippen LogP contribution in [-0.2, 0) is 0 Å². The summed E-state index contributed by atoms with van der Waals surface area (Å²) in [5.74, 6) is 0.767. The summed E-state index contributed by atoms with van der Waals surface area (Å²) in [6.45, 7) is 7.80. The molecule has 0 heterocycles. The Bertz CT molecular complexity index is 719. The van der Waals surface area contributed by atoms with Crippen LogP contribution < -0.4 is 15.4 Å². The average Bonchev–Trinajstić information content (AvgIpc) is 2.62. The lowest BCUT2D eigenvalue weighted by Crippen LogP contribution is -2.27. The summed E-state index contributed by atoms with van der Waals surface area (Å²) in [5, 5.41) is 6.32. The maximum absolute atomic E-state index is 12.1. The van der Waals surface area contributed by atoms with Gasteiger partial charge in [0.15, 0.2) is 0 Å². The third-order valence-corrected chi connectivity index (χ3v) is 4.41. The fourth-order valence-electron chi connectivity index (χ4n) is 2.34. The first kappa shape index (κ1) is 20.4. The van der Waals surface area contributed by atoms with Crippen molar-refractivity contribution in [3.63, 3.8) is 0 Å². The van der Waals surface area contributed by atoms with E-state index in [9.17, 15) is 4.79 Å². The van der Waals surface area contributed by atoms with Gasteiger partial charge in [-0.2, -0.15) is 0 Å². The molecule has 0 aliphatic heterocycles. The Labute approximate surface area is 164 Å². The number of nitrogens with one attached hydrogen (secondary N) is 2. The van der Waals surface area contributed by atoms with Crippen molar-refractivity contribution >= 4 is 40.6 Å². The minimum atomic E-state index is -0.385. The summed E-state index contributed by atoms with van der Waals surface area (Å²) in [7, 11) is 0. The standard InChI is InChI=1S/C19H23Cl2N3O2/c1-3-24(4-2)11-12-26-16-8-6-15(7-9-16)22-19(25)23-18-10-5-14(20)13-17(18)21/h5-10,13H,3-4,11-12H2,1-2H3,(H2,22,23,25). The minimum absolute atomic E-state index is 0.379. The van der Waals surface area contributed by atoms with Crippen LogP contribution in [-0.4, -0.2) is 37.2 Å². The smallest absolute Gasteiger partial charge is 0.323 e. The van der Waals surface area contributed by atoms with E-state index in [0.717, 1.165) is 25.4 Å². The van der Waals surface area contributed by atoms with Gasteiger partial charge in [0.05, 0.1) is 10.7 Å². The topological polar surface area (TPSA) is 53.6 Å². The Balaban J connectivity index is 1.83. The number of anilines is 2. The van der Waals surface area contributed by atoms with E-state index in [-0.39, 0.29) is 6.03 Å². The highest BCUT2D eigenvalue weighted by atomic mass is 35.5. The molecule has 0 aromatic heterocycles. The van der Waals surface area contributed by atoms with Gasteiger partial charge in [0.2, 0.25) is 0 Å². The normalized spacial score (nSPS) is 10.7. The van der Waals surface area contributed by atoms with Gasteiger partial charge in [0, 0.05) is 17.3 Å². The van der Waals surface area contributed by atoms with Crippen molar-refractivity contribution in [2.75, 3.05) is 36.9 Å². The molecule has 0 saturated heterocycles. The molecule has 0 spiro atoms. The molecule has 2 aromatic rings. The second-order valence-corrected chi connectivity index (χ2v) is 6.45. The van der Waals surface area contributed by atoms with Crippen molar-refractivity contribution in [3.8, 4) is 5.75 Å². The predicted molar refractivity (Wildman–Crippen MR) is 109 cm³/mol. The number of rotatable bonds is 8. The molecule has 2 amide bonds. The Hall–Kier alpha value is -1.95. The van der Waals surface area contributed by atoms with Crippen molar-refractivity contribution < 1.29 is 9.53 Å². The molecule has 2 aromatic carbocycles. The van der Waals surface area contributed by atoms with Gasteiger partial charge < -0.3 is 20.3 Å². The summed E-state index contributed by atoms with van der Waals surface area (Å²) in [6, 6.07) is 11.7. The zero-order valence-electron chi connectivity index (χ0n) is 14.9. The Morgan fingerprint density at radius 2 is 1.73 bits per heavy atom. The molecule has 5 nitrogen and oxygen atoms in total. The average molecular weight is 396 g/mol. The van der Waals surface area contributed by atoms with Gasteiger partial charge in [-0.3, -0.25) is 0 Å². The maximum Gasteiger partial charge on any atom is 0.323 e. The van der Waals surface area contributed by atoms with E-state index in [0.29, 0.717) is 28.0 Å². The van der Waals surface area contributed by atoms with Crippen molar-refractivity contribution in [2.45, 2.75) is 13.8 Å². The van der Waals surface area contributed by atoms with Crippen LogP contribution in [0.1, 0.15) is 13.8 Å². The van der Waals surface area contributed by atoms with Gasteiger partial charge in [-0.1, -0.05) is 37.0 Å². The number of nitrogens with zero attached hydrogens (tertiary/aromatic N) is 1. The maximum atomic E-state index is 12.1. The first-order valence-corrected chi connectivity index (χ1v) is 9.25. The fourth-order valence-corrected chi connectivity index (χ4v) is 2.80. The van der Waals surface area contributed by atoms with Crippen molar-refractivity contribution in [1.82, 2.24) is 4.90 Å². The van der Waals surface area contributed by atoms with Gasteiger partial charge >= 0.3 is 6.03 Å². The molecule has 0 atom stereocenters. The molecule has 0 bridgehead atoms. The highest BCUT2D eigenvalue weighted by molar-refractivity contribution is 6.36. The van der Waals surface area contributed by atoms with Crippen LogP contribution in [0.4, 0.5) is 16.2 Å². The summed E-state index contributed by atoms with van der Waals surface area (Å²) < 4.78 is 5.72. The highest BCUT2D eigenvalue weighted by Gasteiger charge is 2.07. The summed E-state index contributed by atoms with van der Waals surface area (Å²) in [6.07, 6.45) is 0. The van der Waals surface area contributed by atoms with Crippen LogP contribution in [0.3, 0.4) is 0 Å². The zero-order valence-corrected chi connectivity index (χ0v) is 16.4. The van der Waals surface area contributed by atoms with Crippen LogP contribution in [0, 0.1) is 0 Å². The van der Waals surface area contributed by atoms with Gasteiger partial charge in [-0.05, 0) is 55.6 Å². The molecule has 0 saturated carbocycles. The lowest BCUT2D eigenvalue weighted by Gasteiger charge is -2.18. The van der Waals surface area contributed by atoms with E-state index in [1.165, 1.54) is 0 Å². The Morgan fingerprint density at radius 3 is 2.35 bits per heavy atom. The van der Waals surface area contributed by atoms with Gasteiger partial charge in [0.1, 0.15) is 12.4 Å². The predicted octanol–water partition coefficient (Wildman–Crippen LogP) is 5.36. The Kier molecular flexibility index (Phi) is 8.04. The number of urea groups is 1. The number of halogens is 2. The largest absolute Gasteiger partial charge is 0.492 e. The van der Waals surface area contributed by atoms with E-state index in [2.05, 4.69) is 29.4 Å². The first-order valence-electron chi connectivity index (χ1n) is 8.50. The monoisotopic (exact) mass is 395 g/mol. The number of carbonyl (C=O) groups excluding carboxylic acids is 1. The molecule has 26 heavy (non-hydrogen) atoms. The van der Waals surface area contributed by atoms with Crippen molar-refractivity contribution in [3.05, 3.63) is 52.5 Å². The van der Waals surface area contributed by atoms with Crippen LogP contribution >= 0.6 is 23.2 Å². The second-order valence-electron chi connectivity index (χ2n) is 5.60. The molecule has 2 rings (SSSR count). The van der Waals surface area contributed by atoms with Gasteiger partial charge in [-0.25, -0.2) is 4.79 Å². The van der Waals surface area contributed by atoms with E-state index >= 15 is 0 Å². The molecule has 0 unspecified atom stereocenters. The number of hydrogen-bond donors (Lipinski definition) is 2. The Morgan fingerprint density at radius 1 is 1.04 bits per heavy atom. The lowest BCUT2D eigenvalue weighted by atomic mass is 10.3. The van der Waals surface area contributed by atoms with Crippen molar-refractivity contribution in [1.29, 1.82) is 0 Å². The molecule has 2 N–H and O–H groups in total. The molecule has 0 aliphatic rings. The highest BCUT2D eigenvalue weighted by Crippen LogP contribution is 2.25. The lowest BCUT2D eigenvalue weighted by molar-refractivity contribution is 0.223. The molecule has 0 radical (unpaired) electrons. The number of hydrogen-bond acceptors (Lipinski definition) is 3. The quantitative estimate of drug-likeness (QED) is 0.632. The summed E-state index contributed by atoms with van der Waals surface area (Å²) >= 11 is 11.9. The van der Waals surface area contributed by atoms with Crippen LogP contribution in [0.5, 0.6) is 5.75 Å². The zero-order chi connectivity index (χ0) is 18.9. The van der Waals surface area contributed by atoms with Crippen LogP contribution in [0.2, 0.25) is 10.0 Å². The molecule has 140 valence electrons. The number of carbonyl (C=O) groups is 1. The SMILES string of the molecule is CCN(CC)CCOc1ccc(NC(=O)Nc2ccc(Cl)cc2Cl)cc1. The molecule has 7 heteroatoms. The van der Waals surface area contributed by atoms with Gasteiger partial charge in [0.25, 0.3) is 0 Å². The molecular weight excluding hydrogens is 373 g/mol. The van der Waals surface area contributed by atoms with Crippen LogP contribution in [0.15, 0.2) is 42.5 Å². The minimum Gasteiger partial charge on any atom is -0.492 e. The number of benzene rings is 2. The van der Waals surface area contributed by atoms with E-state index in [1.807, 2.05) is 12.1 Å². The van der Waals surface area contributed by atoms with Crippen molar-refractivity contribution in [2.24, 2.45) is 0 Å². The summed E-state index contributed by atoms with van der Waals surface area (Å²) in [4.78, 5) is 14.4. The molecule has 0 aliphatic carbocycles. The fraction of sp³-hybridized carbons (Fsp3) is 0.316. The van der Waals surface area contributed by atoms with Crippen LogP contribution in [0.25, 0.3) is 0 Å². The van der Waals surface area contributed by atoms with E-state index < -0.39 is 0 Å². The van der Waals surface area contributed by atoms with Gasteiger partial charge in [-0.15, -0.1) is 0 Å². The number of amides is 2. The molecular formula is C19H23Cl2N3O2.